The van der Waals surface area contributed by atoms with Gasteiger partial charge in [0.2, 0.25) is 11.8 Å². The fourth-order valence-electron chi connectivity index (χ4n) is 2.88. The van der Waals surface area contributed by atoms with E-state index in [-0.39, 0.29) is 5.91 Å². The van der Waals surface area contributed by atoms with E-state index in [9.17, 15) is 4.79 Å². The zero-order valence-corrected chi connectivity index (χ0v) is 16.5. The van der Waals surface area contributed by atoms with Gasteiger partial charge in [-0.05, 0) is 48.0 Å². The van der Waals surface area contributed by atoms with Gasteiger partial charge in [0.1, 0.15) is 11.5 Å². The number of ether oxygens (including phenoxy) is 2. The molecule has 4 rings (SSSR count). The van der Waals surface area contributed by atoms with Gasteiger partial charge in [-0.2, -0.15) is 9.67 Å². The van der Waals surface area contributed by atoms with Crippen LogP contribution in [0.5, 0.6) is 11.5 Å². The Morgan fingerprint density at radius 3 is 2.53 bits per heavy atom. The van der Waals surface area contributed by atoms with E-state index in [1.165, 1.54) is 10.9 Å². The van der Waals surface area contributed by atoms with E-state index in [1.54, 1.807) is 50.6 Å². The number of methoxy groups -OCH3 is 2. The smallest absolute Gasteiger partial charge is 0.281 e. The molecular weight excluding hydrogens is 384 g/mol. The summed E-state index contributed by atoms with van der Waals surface area (Å²) in [5, 5.41) is 7.55. The maximum Gasteiger partial charge on any atom is 0.281 e. The molecule has 2 aromatic carbocycles. The zero-order chi connectivity index (χ0) is 20.9. The van der Waals surface area contributed by atoms with E-state index >= 15 is 0 Å². The first-order valence-electron chi connectivity index (χ1n) is 9.24. The molecule has 8 nitrogen and oxygen atoms in total. The molecule has 0 aliphatic carbocycles. The van der Waals surface area contributed by atoms with Crippen LogP contribution in [0.15, 0.2) is 71.3 Å². The fraction of sp³-hybridized carbons (Fsp3) is 0.136. The van der Waals surface area contributed by atoms with Gasteiger partial charge in [0, 0.05) is 12.1 Å². The highest BCUT2D eigenvalue weighted by Gasteiger charge is 2.20. The molecule has 0 aliphatic rings. The Labute approximate surface area is 173 Å². The standard InChI is InChI=1S/C22H20N4O4/c1-28-17-10-8-15(9-11-17)14-23-22-24-20(19-7-4-12-30-19)25-26(22)21(27)16-5-3-6-18(13-16)29-2/h3-13H,14H2,1-2H3,(H,23,24,25). The lowest BCUT2D eigenvalue weighted by Crippen LogP contribution is -2.17. The average molecular weight is 404 g/mol. The first kappa shape index (κ1) is 19.3. The Kier molecular flexibility index (Phi) is 5.47. The highest BCUT2D eigenvalue weighted by Crippen LogP contribution is 2.21. The predicted molar refractivity (Wildman–Crippen MR) is 111 cm³/mol. The molecular formula is C22H20N4O4. The van der Waals surface area contributed by atoms with Crippen LogP contribution >= 0.6 is 0 Å². The second kappa shape index (κ2) is 8.52. The number of carbonyl (C=O) groups excluding carboxylic acids is 1. The molecule has 0 unspecified atom stereocenters. The van der Waals surface area contributed by atoms with E-state index in [2.05, 4.69) is 15.4 Å². The van der Waals surface area contributed by atoms with Crippen molar-refractivity contribution in [2.75, 3.05) is 19.5 Å². The van der Waals surface area contributed by atoms with Crippen LogP contribution in [0.1, 0.15) is 15.9 Å². The van der Waals surface area contributed by atoms with Crippen LogP contribution in [0.3, 0.4) is 0 Å². The van der Waals surface area contributed by atoms with Crippen LogP contribution in [-0.4, -0.2) is 34.9 Å². The molecule has 0 radical (unpaired) electrons. The maximum atomic E-state index is 13.1. The number of furan rings is 1. The van der Waals surface area contributed by atoms with Crippen LogP contribution in [-0.2, 0) is 6.54 Å². The van der Waals surface area contributed by atoms with E-state index in [0.717, 1.165) is 11.3 Å². The second-order valence-electron chi connectivity index (χ2n) is 6.39. The third-order valence-electron chi connectivity index (χ3n) is 4.47. The number of rotatable bonds is 7. The molecule has 0 saturated carbocycles. The largest absolute Gasteiger partial charge is 0.497 e. The van der Waals surface area contributed by atoms with Crippen LogP contribution in [0, 0.1) is 0 Å². The van der Waals surface area contributed by atoms with Gasteiger partial charge < -0.3 is 19.2 Å². The summed E-state index contributed by atoms with van der Waals surface area (Å²) in [6.45, 7) is 0.450. The minimum absolute atomic E-state index is 0.310. The maximum absolute atomic E-state index is 13.1. The van der Waals surface area contributed by atoms with E-state index in [0.29, 0.717) is 35.4 Å². The van der Waals surface area contributed by atoms with Gasteiger partial charge >= 0.3 is 0 Å². The highest BCUT2D eigenvalue weighted by molar-refractivity contribution is 5.97. The molecule has 0 saturated heterocycles. The summed E-state index contributed by atoms with van der Waals surface area (Å²) >= 11 is 0. The minimum atomic E-state index is -0.337. The third kappa shape index (κ3) is 4.02. The number of hydrogen-bond acceptors (Lipinski definition) is 7. The van der Waals surface area contributed by atoms with Crippen molar-refractivity contribution in [3.8, 4) is 23.1 Å². The first-order valence-corrected chi connectivity index (χ1v) is 9.24. The van der Waals surface area contributed by atoms with Gasteiger partial charge in [-0.15, -0.1) is 5.10 Å². The molecule has 2 heterocycles. The number of benzene rings is 2. The van der Waals surface area contributed by atoms with Crippen LogP contribution in [0.2, 0.25) is 0 Å². The Hall–Kier alpha value is -4.07. The number of nitrogens with zero attached hydrogens (tertiary/aromatic N) is 3. The lowest BCUT2D eigenvalue weighted by Gasteiger charge is -2.08. The van der Waals surface area contributed by atoms with E-state index in [4.69, 9.17) is 13.9 Å². The SMILES string of the molecule is COc1ccc(CNc2nc(-c3ccco3)nn2C(=O)c2cccc(OC)c2)cc1. The Bertz CT molecular complexity index is 1130. The van der Waals surface area contributed by atoms with Crippen molar-refractivity contribution in [3.05, 3.63) is 78.1 Å². The summed E-state index contributed by atoms with van der Waals surface area (Å²) in [6.07, 6.45) is 1.53. The summed E-state index contributed by atoms with van der Waals surface area (Å²) in [5.74, 6) is 2.12. The molecule has 8 heteroatoms. The van der Waals surface area contributed by atoms with Gasteiger partial charge in [0.15, 0.2) is 5.76 Å². The van der Waals surface area contributed by atoms with Crippen molar-refractivity contribution in [1.29, 1.82) is 0 Å². The molecule has 4 aromatic rings. The highest BCUT2D eigenvalue weighted by atomic mass is 16.5. The molecule has 152 valence electrons. The van der Waals surface area contributed by atoms with Gasteiger partial charge in [-0.3, -0.25) is 4.79 Å². The van der Waals surface area contributed by atoms with Crippen molar-refractivity contribution >= 4 is 11.9 Å². The Morgan fingerprint density at radius 2 is 1.83 bits per heavy atom. The molecule has 0 bridgehead atoms. The number of anilines is 1. The van der Waals surface area contributed by atoms with Gasteiger partial charge in [-0.1, -0.05) is 18.2 Å². The molecule has 2 aromatic heterocycles. The topological polar surface area (TPSA) is 91.4 Å². The summed E-state index contributed by atoms with van der Waals surface area (Å²) in [7, 11) is 3.17. The summed E-state index contributed by atoms with van der Waals surface area (Å²) in [4.78, 5) is 17.6. The molecule has 0 fully saturated rings. The average Bonchev–Trinajstić information content (AvgIpc) is 3.47. The van der Waals surface area contributed by atoms with Gasteiger partial charge in [0.25, 0.3) is 5.91 Å². The van der Waals surface area contributed by atoms with Crippen molar-refractivity contribution in [2.24, 2.45) is 0 Å². The zero-order valence-electron chi connectivity index (χ0n) is 16.5. The number of nitrogens with one attached hydrogen (secondary N) is 1. The summed E-state index contributed by atoms with van der Waals surface area (Å²) < 4.78 is 17.0. The van der Waals surface area contributed by atoms with E-state index < -0.39 is 0 Å². The van der Waals surface area contributed by atoms with Crippen molar-refractivity contribution < 1.29 is 18.7 Å². The van der Waals surface area contributed by atoms with Crippen molar-refractivity contribution in [3.63, 3.8) is 0 Å². The van der Waals surface area contributed by atoms with Crippen molar-refractivity contribution in [1.82, 2.24) is 14.8 Å². The Balaban J connectivity index is 1.64. The number of carbonyl (C=O) groups is 1. The number of hydrogen-bond donors (Lipinski definition) is 1. The number of aromatic nitrogens is 3. The van der Waals surface area contributed by atoms with Crippen LogP contribution in [0.4, 0.5) is 5.95 Å². The lowest BCUT2D eigenvalue weighted by molar-refractivity contribution is 0.0947. The van der Waals surface area contributed by atoms with Gasteiger partial charge in [-0.25, -0.2) is 0 Å². The summed E-state index contributed by atoms with van der Waals surface area (Å²) in [5.41, 5.74) is 1.43. The molecule has 1 N–H and O–H groups in total. The van der Waals surface area contributed by atoms with Gasteiger partial charge in [0.05, 0.1) is 20.5 Å². The van der Waals surface area contributed by atoms with E-state index in [1.807, 2.05) is 24.3 Å². The van der Waals surface area contributed by atoms with Crippen LogP contribution in [0.25, 0.3) is 11.6 Å². The van der Waals surface area contributed by atoms with Crippen molar-refractivity contribution in [2.45, 2.75) is 6.54 Å². The molecule has 0 amide bonds. The monoisotopic (exact) mass is 404 g/mol. The fourth-order valence-corrected chi connectivity index (χ4v) is 2.88. The molecule has 0 atom stereocenters. The minimum Gasteiger partial charge on any atom is -0.497 e. The Morgan fingerprint density at radius 1 is 1.03 bits per heavy atom. The first-order chi connectivity index (χ1) is 14.7. The predicted octanol–water partition coefficient (Wildman–Crippen LogP) is 3.86. The molecule has 0 aliphatic heterocycles. The van der Waals surface area contributed by atoms with Crippen LogP contribution < -0.4 is 14.8 Å². The molecule has 0 spiro atoms. The second-order valence-corrected chi connectivity index (χ2v) is 6.39. The summed E-state index contributed by atoms with van der Waals surface area (Å²) in [6, 6.07) is 18.0. The third-order valence-corrected chi connectivity index (χ3v) is 4.47. The quantitative estimate of drug-likeness (QED) is 0.500. The lowest BCUT2D eigenvalue weighted by atomic mass is 10.2. The molecule has 30 heavy (non-hydrogen) atoms. The normalized spacial score (nSPS) is 10.6.